The fourth-order valence-corrected chi connectivity index (χ4v) is 4.76. The number of fused-ring (bicyclic) bond motifs is 1. The predicted octanol–water partition coefficient (Wildman–Crippen LogP) is 1.69. The summed E-state index contributed by atoms with van der Waals surface area (Å²) < 4.78 is 3.00. The molecule has 2 saturated carbocycles. The minimum Gasteiger partial charge on any atom is -0.388 e. The number of aliphatic hydroxyl groups is 1. The number of amides is 2. The number of likely N-dealkylation sites (tertiary alicyclic amines) is 1. The van der Waals surface area contributed by atoms with Crippen molar-refractivity contribution >= 4 is 28.5 Å². The van der Waals surface area contributed by atoms with E-state index in [-0.39, 0.29) is 35.8 Å². The molecule has 0 radical (unpaired) electrons. The molecule has 3 fully saturated rings. The molecular weight excluding hydrogens is 448 g/mol. The highest BCUT2D eigenvalue weighted by atomic mass is 16.3. The van der Waals surface area contributed by atoms with Crippen LogP contribution in [0.5, 0.6) is 0 Å². The molecule has 35 heavy (non-hydrogen) atoms. The molecule has 10 heteroatoms. The molecule has 0 spiro atoms. The molecule has 1 aromatic carbocycles. The lowest BCUT2D eigenvalue weighted by Gasteiger charge is -2.38. The average molecular weight is 477 g/mol. The number of nitrogens with one attached hydrogen (secondary N) is 1. The Balaban J connectivity index is 1.20. The van der Waals surface area contributed by atoms with Gasteiger partial charge < -0.3 is 15.3 Å². The lowest BCUT2D eigenvalue weighted by atomic mass is 9.91. The summed E-state index contributed by atoms with van der Waals surface area (Å²) in [7, 11) is 0. The second kappa shape index (κ2) is 8.30. The molecule has 3 aliphatic rings. The van der Waals surface area contributed by atoms with Gasteiger partial charge in [-0.25, -0.2) is 9.67 Å². The summed E-state index contributed by atoms with van der Waals surface area (Å²) in [6.45, 7) is 1.12. The van der Waals surface area contributed by atoms with Crippen molar-refractivity contribution in [3.63, 3.8) is 0 Å². The first-order valence-electron chi connectivity index (χ1n) is 12.3. The molecule has 3 aromatic rings. The molecule has 3 heterocycles. The van der Waals surface area contributed by atoms with E-state index in [9.17, 15) is 19.5 Å². The zero-order valence-corrected chi connectivity index (χ0v) is 19.4. The number of hydrogen-bond acceptors (Lipinski definition) is 6. The van der Waals surface area contributed by atoms with Crippen LogP contribution in [-0.4, -0.2) is 59.8 Å². The Morgan fingerprint density at radius 1 is 1.11 bits per heavy atom. The van der Waals surface area contributed by atoms with Crippen LogP contribution >= 0.6 is 0 Å². The van der Waals surface area contributed by atoms with Gasteiger partial charge in [0.15, 0.2) is 5.65 Å². The fourth-order valence-electron chi connectivity index (χ4n) is 4.76. The van der Waals surface area contributed by atoms with Crippen LogP contribution in [0.3, 0.4) is 0 Å². The molecule has 2 amide bonds. The number of piperidine rings is 1. The minimum atomic E-state index is -1.07. The van der Waals surface area contributed by atoms with E-state index < -0.39 is 5.60 Å². The number of anilines is 1. The number of rotatable bonds is 6. The first-order chi connectivity index (χ1) is 16.9. The monoisotopic (exact) mass is 476 g/mol. The number of carbonyl (C=O) groups excluding carboxylic acids is 2. The largest absolute Gasteiger partial charge is 0.388 e. The molecule has 0 unspecified atom stereocenters. The van der Waals surface area contributed by atoms with Gasteiger partial charge >= 0.3 is 0 Å². The van der Waals surface area contributed by atoms with E-state index in [2.05, 4.69) is 15.4 Å². The third-order valence-electron chi connectivity index (χ3n) is 7.26. The van der Waals surface area contributed by atoms with Crippen LogP contribution in [-0.2, 0) is 16.1 Å². The quantitative estimate of drug-likeness (QED) is 0.558. The van der Waals surface area contributed by atoms with Gasteiger partial charge in [-0.1, -0.05) is 6.07 Å². The van der Waals surface area contributed by atoms with Gasteiger partial charge in [-0.05, 0) is 56.7 Å². The van der Waals surface area contributed by atoms with Gasteiger partial charge in [0.1, 0.15) is 11.7 Å². The molecule has 1 aliphatic heterocycles. The number of benzene rings is 1. The lowest BCUT2D eigenvalue weighted by molar-refractivity contribution is -0.137. The van der Waals surface area contributed by atoms with Gasteiger partial charge in [-0.2, -0.15) is 5.10 Å². The third kappa shape index (κ3) is 4.34. The first-order valence-corrected chi connectivity index (χ1v) is 12.3. The standard InChI is InChI=1S/C25H28N6O4/c32-22(16-4-5-16)28-18-2-1-3-19(12-18)31-21-20(13-27-31)24(34)30(15-26-21)14-25(35)8-10-29(11-9-25)23(33)17-6-7-17/h1-3,12-13,15-17,35H,4-11,14H2,(H,28,32). The van der Waals surface area contributed by atoms with E-state index in [0.717, 1.165) is 25.7 Å². The van der Waals surface area contributed by atoms with Crippen molar-refractivity contribution < 1.29 is 14.7 Å². The van der Waals surface area contributed by atoms with Crippen molar-refractivity contribution in [1.82, 2.24) is 24.2 Å². The average Bonchev–Trinajstić information content (AvgIpc) is 3.78. The molecule has 182 valence electrons. The second-order valence-electron chi connectivity index (χ2n) is 10.1. The topological polar surface area (TPSA) is 122 Å². The highest BCUT2D eigenvalue weighted by Crippen LogP contribution is 2.33. The SMILES string of the molecule is O=C(Nc1cccc(-n2ncc3c(=O)n(CC4(O)CCN(C(=O)C5CC5)CC4)cnc32)c1)C1CC1. The zero-order valence-electron chi connectivity index (χ0n) is 19.4. The maximum atomic E-state index is 13.2. The molecule has 10 nitrogen and oxygen atoms in total. The summed E-state index contributed by atoms with van der Waals surface area (Å²) in [6, 6.07) is 7.29. The number of aromatic nitrogens is 4. The Morgan fingerprint density at radius 3 is 2.57 bits per heavy atom. The molecule has 6 rings (SSSR count). The van der Waals surface area contributed by atoms with E-state index in [4.69, 9.17) is 0 Å². The van der Waals surface area contributed by atoms with E-state index in [1.54, 1.807) is 10.7 Å². The van der Waals surface area contributed by atoms with E-state index in [0.29, 0.717) is 48.3 Å². The molecule has 0 bridgehead atoms. The highest BCUT2D eigenvalue weighted by Gasteiger charge is 2.39. The summed E-state index contributed by atoms with van der Waals surface area (Å²) in [5.74, 6) is 0.484. The summed E-state index contributed by atoms with van der Waals surface area (Å²) in [6.07, 6.45) is 7.57. The smallest absolute Gasteiger partial charge is 0.264 e. The van der Waals surface area contributed by atoms with Crippen molar-refractivity contribution in [3.8, 4) is 5.69 Å². The summed E-state index contributed by atoms with van der Waals surface area (Å²) in [4.78, 5) is 43.9. The van der Waals surface area contributed by atoms with Crippen molar-refractivity contribution in [2.75, 3.05) is 18.4 Å². The minimum absolute atomic E-state index is 0.0224. The Kier molecular flexibility index (Phi) is 5.21. The van der Waals surface area contributed by atoms with Crippen LogP contribution in [0.15, 0.2) is 41.6 Å². The van der Waals surface area contributed by atoms with Gasteiger partial charge in [0.25, 0.3) is 5.56 Å². The van der Waals surface area contributed by atoms with Crippen molar-refractivity contribution in [2.45, 2.75) is 50.7 Å². The predicted molar refractivity (Wildman–Crippen MR) is 128 cm³/mol. The molecule has 0 atom stereocenters. The van der Waals surface area contributed by atoms with Crippen molar-refractivity contribution in [1.29, 1.82) is 0 Å². The van der Waals surface area contributed by atoms with E-state index >= 15 is 0 Å². The van der Waals surface area contributed by atoms with Gasteiger partial charge in [0, 0.05) is 30.6 Å². The van der Waals surface area contributed by atoms with Crippen molar-refractivity contribution in [3.05, 3.63) is 47.1 Å². The molecule has 1 saturated heterocycles. The zero-order chi connectivity index (χ0) is 24.2. The second-order valence-corrected chi connectivity index (χ2v) is 10.1. The van der Waals surface area contributed by atoms with Crippen LogP contribution in [0.2, 0.25) is 0 Å². The maximum absolute atomic E-state index is 13.2. The van der Waals surface area contributed by atoms with Crippen molar-refractivity contribution in [2.24, 2.45) is 11.8 Å². The molecule has 2 aliphatic carbocycles. The number of hydrogen-bond donors (Lipinski definition) is 2. The van der Waals surface area contributed by atoms with Crippen LogP contribution in [0.25, 0.3) is 16.7 Å². The van der Waals surface area contributed by atoms with Gasteiger partial charge in [-0.3, -0.25) is 19.0 Å². The van der Waals surface area contributed by atoms with E-state index in [1.807, 2.05) is 23.1 Å². The lowest BCUT2D eigenvalue weighted by Crippen LogP contribution is -2.50. The first kappa shape index (κ1) is 22.0. The van der Waals surface area contributed by atoms with E-state index in [1.165, 1.54) is 17.1 Å². The van der Waals surface area contributed by atoms with Crippen LogP contribution in [0.1, 0.15) is 38.5 Å². The number of carbonyl (C=O) groups is 2. The van der Waals surface area contributed by atoms with Crippen LogP contribution in [0, 0.1) is 11.8 Å². The normalized spacial score (nSPS) is 19.6. The summed E-state index contributed by atoms with van der Waals surface area (Å²) >= 11 is 0. The fraction of sp³-hybridized carbons (Fsp3) is 0.480. The van der Waals surface area contributed by atoms with Gasteiger partial charge in [0.05, 0.1) is 24.0 Å². The maximum Gasteiger partial charge on any atom is 0.264 e. The summed E-state index contributed by atoms with van der Waals surface area (Å²) in [5, 5.41) is 18.8. The van der Waals surface area contributed by atoms with Gasteiger partial charge in [0.2, 0.25) is 11.8 Å². The Morgan fingerprint density at radius 2 is 1.86 bits per heavy atom. The molecule has 2 aromatic heterocycles. The molecule has 2 N–H and O–H groups in total. The summed E-state index contributed by atoms with van der Waals surface area (Å²) in [5.41, 5.74) is 0.427. The van der Waals surface area contributed by atoms with Crippen LogP contribution < -0.4 is 10.9 Å². The Hall–Kier alpha value is -3.53. The van der Waals surface area contributed by atoms with Gasteiger partial charge in [-0.15, -0.1) is 0 Å². The van der Waals surface area contributed by atoms with Crippen LogP contribution in [0.4, 0.5) is 5.69 Å². The Bertz CT molecular complexity index is 1360. The number of nitrogens with zero attached hydrogens (tertiary/aromatic N) is 5. The third-order valence-corrected chi connectivity index (χ3v) is 7.26. The highest BCUT2D eigenvalue weighted by molar-refractivity contribution is 5.94. The molecular formula is C25H28N6O4. The Labute approximate surface area is 201 Å².